The van der Waals surface area contributed by atoms with Gasteiger partial charge in [-0.25, -0.2) is 0 Å². The summed E-state index contributed by atoms with van der Waals surface area (Å²) in [5.41, 5.74) is 0.648. The van der Waals surface area contributed by atoms with E-state index >= 15 is 0 Å². The number of nitrogens with one attached hydrogen (secondary N) is 2. The Morgan fingerprint density at radius 2 is 1.73 bits per heavy atom. The van der Waals surface area contributed by atoms with E-state index in [1.54, 1.807) is 12.1 Å². The van der Waals surface area contributed by atoms with Crippen LogP contribution in [-0.2, 0) is 11.3 Å². The smallest absolute Gasteiger partial charge is 0.251 e. The van der Waals surface area contributed by atoms with Crippen LogP contribution in [0.1, 0.15) is 74.6 Å². The number of carbonyl (C=O) groups is 2. The normalized spacial score (nSPS) is 28.5. The van der Waals surface area contributed by atoms with Gasteiger partial charge in [0.1, 0.15) is 0 Å². The first-order valence-corrected chi connectivity index (χ1v) is 13.2. The van der Waals surface area contributed by atoms with Gasteiger partial charge in [0.15, 0.2) is 11.0 Å². The Morgan fingerprint density at radius 1 is 1.09 bits per heavy atom. The minimum absolute atomic E-state index is 0.0339. The van der Waals surface area contributed by atoms with Crippen LogP contribution < -0.4 is 10.6 Å². The largest absolute Gasteiger partial charge is 0.350 e. The fourth-order valence-electron chi connectivity index (χ4n) is 6.68. The summed E-state index contributed by atoms with van der Waals surface area (Å²) in [5, 5.41) is 15.8. The molecular weight excluding hydrogens is 434 g/mol. The average Bonchev–Trinajstić information content (AvgIpc) is 3.20. The molecule has 0 spiro atoms. The molecular formula is C25H33N5O2S. The Morgan fingerprint density at radius 3 is 2.33 bits per heavy atom. The molecule has 0 radical (unpaired) electrons. The van der Waals surface area contributed by atoms with Crippen molar-refractivity contribution in [2.24, 2.45) is 17.8 Å². The van der Waals surface area contributed by atoms with Crippen LogP contribution >= 0.6 is 11.8 Å². The number of aromatic nitrogens is 3. The first-order chi connectivity index (χ1) is 15.9. The highest BCUT2D eigenvalue weighted by atomic mass is 32.2. The van der Waals surface area contributed by atoms with E-state index in [9.17, 15) is 9.59 Å². The van der Waals surface area contributed by atoms with Crippen molar-refractivity contribution in [3.05, 3.63) is 41.7 Å². The zero-order valence-corrected chi connectivity index (χ0v) is 20.2. The highest BCUT2D eigenvalue weighted by Crippen LogP contribution is 2.55. The van der Waals surface area contributed by atoms with Crippen LogP contribution in [0, 0.1) is 17.8 Å². The SMILES string of the molecule is CCn1c(SCC(=O)NC23CC4CC(CC(C4)C2)C3)nnc1C(C)NC(=O)c1ccccc1. The molecule has 7 nitrogen and oxygen atoms in total. The standard InChI is InChI=1S/C25H33N5O2S/c1-3-30-22(16(2)26-23(32)20-7-5-4-6-8-20)28-29-24(30)33-15-21(31)27-25-12-17-9-18(13-25)11-19(10-17)14-25/h4-8,16-19H,3,9-15H2,1-2H3,(H,26,32)(H,27,31). The van der Waals surface area contributed by atoms with Crippen molar-refractivity contribution < 1.29 is 9.59 Å². The lowest BCUT2D eigenvalue weighted by atomic mass is 9.53. The molecule has 33 heavy (non-hydrogen) atoms. The van der Waals surface area contributed by atoms with Crippen molar-refractivity contribution in [1.82, 2.24) is 25.4 Å². The number of benzene rings is 1. The van der Waals surface area contributed by atoms with Crippen molar-refractivity contribution in [1.29, 1.82) is 0 Å². The van der Waals surface area contributed by atoms with Crippen LogP contribution in [0.5, 0.6) is 0 Å². The van der Waals surface area contributed by atoms with E-state index < -0.39 is 0 Å². The second-order valence-electron chi connectivity index (χ2n) is 10.2. The summed E-state index contributed by atoms with van der Waals surface area (Å²) in [6.45, 7) is 4.61. The van der Waals surface area contributed by atoms with Crippen molar-refractivity contribution in [2.75, 3.05) is 5.75 Å². The number of carbonyl (C=O) groups excluding carboxylic acids is 2. The van der Waals surface area contributed by atoms with Crippen LogP contribution in [0.4, 0.5) is 0 Å². The molecule has 1 atom stereocenters. The molecule has 0 aliphatic heterocycles. The Kier molecular flexibility index (Phi) is 6.20. The minimum atomic E-state index is -0.291. The monoisotopic (exact) mass is 467 g/mol. The zero-order chi connectivity index (χ0) is 23.0. The van der Waals surface area contributed by atoms with Gasteiger partial charge in [0.25, 0.3) is 5.91 Å². The van der Waals surface area contributed by atoms with Crippen LogP contribution in [0.3, 0.4) is 0 Å². The maximum absolute atomic E-state index is 12.9. The van der Waals surface area contributed by atoms with Gasteiger partial charge >= 0.3 is 0 Å². The van der Waals surface area contributed by atoms with E-state index in [-0.39, 0.29) is 23.4 Å². The van der Waals surface area contributed by atoms with E-state index in [4.69, 9.17) is 0 Å². The Labute approximate surface area is 199 Å². The first kappa shape index (κ1) is 22.4. The van der Waals surface area contributed by atoms with Crippen molar-refractivity contribution in [3.8, 4) is 0 Å². The number of hydrogen-bond acceptors (Lipinski definition) is 5. The summed E-state index contributed by atoms with van der Waals surface area (Å²) in [4.78, 5) is 25.4. The van der Waals surface area contributed by atoms with Crippen LogP contribution in [0.15, 0.2) is 35.5 Å². The average molecular weight is 468 g/mol. The zero-order valence-electron chi connectivity index (χ0n) is 19.4. The molecule has 4 bridgehead atoms. The summed E-state index contributed by atoms with van der Waals surface area (Å²) in [6.07, 6.45) is 7.57. The third-order valence-electron chi connectivity index (χ3n) is 7.61. The Balaban J connectivity index is 1.19. The number of amides is 2. The molecule has 8 heteroatoms. The summed E-state index contributed by atoms with van der Waals surface area (Å²) >= 11 is 1.43. The van der Waals surface area contributed by atoms with Crippen LogP contribution in [-0.4, -0.2) is 37.9 Å². The van der Waals surface area contributed by atoms with Crippen molar-refractivity contribution in [2.45, 2.75) is 75.7 Å². The third-order valence-corrected chi connectivity index (χ3v) is 8.57. The van der Waals surface area contributed by atoms with Crippen molar-refractivity contribution >= 4 is 23.6 Å². The number of thioether (sulfide) groups is 1. The molecule has 2 amide bonds. The fraction of sp³-hybridized carbons (Fsp3) is 0.600. The Hall–Kier alpha value is -2.35. The van der Waals surface area contributed by atoms with E-state index in [0.29, 0.717) is 28.8 Å². The molecule has 6 rings (SSSR count). The second kappa shape index (κ2) is 9.12. The van der Waals surface area contributed by atoms with Gasteiger partial charge in [-0.2, -0.15) is 0 Å². The molecule has 1 aromatic heterocycles. The molecule has 4 aliphatic carbocycles. The van der Waals surface area contributed by atoms with Gasteiger partial charge in [-0.15, -0.1) is 10.2 Å². The molecule has 2 aromatic rings. The molecule has 1 heterocycles. The fourth-order valence-corrected chi connectivity index (χ4v) is 7.49. The highest BCUT2D eigenvalue weighted by molar-refractivity contribution is 7.99. The topological polar surface area (TPSA) is 88.9 Å². The minimum Gasteiger partial charge on any atom is -0.350 e. The lowest BCUT2D eigenvalue weighted by Gasteiger charge is -2.56. The van der Waals surface area contributed by atoms with Gasteiger partial charge in [0.05, 0.1) is 11.8 Å². The van der Waals surface area contributed by atoms with Gasteiger partial charge in [-0.1, -0.05) is 30.0 Å². The quantitative estimate of drug-likeness (QED) is 0.574. The molecule has 4 aliphatic rings. The summed E-state index contributed by atoms with van der Waals surface area (Å²) in [5.74, 6) is 3.42. The first-order valence-electron chi connectivity index (χ1n) is 12.2. The molecule has 1 aromatic carbocycles. The summed E-state index contributed by atoms with van der Waals surface area (Å²) in [6, 6.07) is 8.86. The second-order valence-corrected chi connectivity index (χ2v) is 11.1. The number of hydrogen-bond donors (Lipinski definition) is 2. The van der Waals surface area contributed by atoms with Crippen LogP contribution in [0.2, 0.25) is 0 Å². The predicted octanol–water partition coefficient (Wildman–Crippen LogP) is 3.97. The third kappa shape index (κ3) is 4.67. The van der Waals surface area contributed by atoms with Gasteiger partial charge in [-0.05, 0) is 82.3 Å². The molecule has 0 saturated heterocycles. The number of nitrogens with zero attached hydrogens (tertiary/aromatic N) is 3. The Bertz CT molecular complexity index is 986. The van der Waals surface area contributed by atoms with Gasteiger partial charge < -0.3 is 15.2 Å². The predicted molar refractivity (Wildman–Crippen MR) is 128 cm³/mol. The van der Waals surface area contributed by atoms with E-state index in [0.717, 1.165) is 37.0 Å². The maximum atomic E-state index is 12.9. The van der Waals surface area contributed by atoms with Crippen LogP contribution in [0.25, 0.3) is 0 Å². The van der Waals surface area contributed by atoms with Crippen molar-refractivity contribution in [3.63, 3.8) is 0 Å². The lowest BCUT2D eigenvalue weighted by molar-refractivity contribution is -0.124. The van der Waals surface area contributed by atoms with E-state index in [1.807, 2.05) is 36.6 Å². The van der Waals surface area contributed by atoms with Gasteiger partial charge in [0.2, 0.25) is 5.91 Å². The summed E-state index contributed by atoms with van der Waals surface area (Å²) in [7, 11) is 0. The maximum Gasteiger partial charge on any atom is 0.251 e. The molecule has 1 unspecified atom stereocenters. The van der Waals surface area contributed by atoms with Gasteiger partial charge in [0, 0.05) is 17.6 Å². The molecule has 2 N–H and O–H groups in total. The lowest BCUT2D eigenvalue weighted by Crippen LogP contribution is -2.60. The van der Waals surface area contributed by atoms with E-state index in [1.165, 1.54) is 31.0 Å². The van der Waals surface area contributed by atoms with E-state index in [2.05, 4.69) is 20.8 Å². The molecule has 4 saturated carbocycles. The molecule has 176 valence electrons. The molecule has 4 fully saturated rings. The highest BCUT2D eigenvalue weighted by Gasteiger charge is 2.51. The van der Waals surface area contributed by atoms with Gasteiger partial charge in [-0.3, -0.25) is 9.59 Å². The number of rotatable bonds is 8. The summed E-state index contributed by atoms with van der Waals surface area (Å²) < 4.78 is 1.98.